The van der Waals surface area contributed by atoms with Crippen LogP contribution in [0.25, 0.3) is 11.0 Å². The third-order valence-corrected chi connectivity index (χ3v) is 4.60. The average molecular weight is 382 g/mol. The van der Waals surface area contributed by atoms with Gasteiger partial charge in [0.05, 0.1) is 26.8 Å². The number of rotatable bonds is 8. The van der Waals surface area contributed by atoms with Crippen LogP contribution in [0.5, 0.6) is 11.5 Å². The summed E-state index contributed by atoms with van der Waals surface area (Å²) < 4.78 is 16.5. The molecule has 1 atom stereocenters. The average Bonchev–Trinajstić information content (AvgIpc) is 3.12. The quantitative estimate of drug-likeness (QED) is 0.643. The van der Waals surface area contributed by atoms with Crippen molar-refractivity contribution in [3.05, 3.63) is 59.9 Å². The van der Waals surface area contributed by atoms with Crippen molar-refractivity contribution in [1.29, 1.82) is 0 Å². The smallest absolute Gasteiger partial charge is 0.234 e. The maximum absolute atomic E-state index is 12.5. The Kier molecular flexibility index (Phi) is 6.21. The molecule has 3 aromatic rings. The summed E-state index contributed by atoms with van der Waals surface area (Å²) in [7, 11) is 5.14. The van der Waals surface area contributed by atoms with E-state index in [4.69, 9.17) is 13.9 Å². The molecule has 3 rings (SSSR count). The van der Waals surface area contributed by atoms with Crippen LogP contribution in [0.4, 0.5) is 0 Å². The molecule has 1 heterocycles. The van der Waals surface area contributed by atoms with Crippen molar-refractivity contribution in [1.82, 2.24) is 10.2 Å². The van der Waals surface area contributed by atoms with E-state index in [-0.39, 0.29) is 18.5 Å². The minimum atomic E-state index is -0.205. The normalized spacial score (nSPS) is 12.2. The van der Waals surface area contributed by atoms with Gasteiger partial charge in [-0.15, -0.1) is 0 Å². The summed E-state index contributed by atoms with van der Waals surface area (Å²) in [6.07, 6.45) is 0. The molecule has 148 valence electrons. The Morgan fingerprint density at radius 2 is 1.93 bits per heavy atom. The minimum absolute atomic E-state index is 0.0667. The lowest BCUT2D eigenvalue weighted by Gasteiger charge is -2.19. The van der Waals surface area contributed by atoms with Gasteiger partial charge >= 0.3 is 0 Å². The topological polar surface area (TPSA) is 63.9 Å². The molecule has 1 aromatic heterocycles. The number of methoxy groups -OCH3 is 2. The predicted molar refractivity (Wildman–Crippen MR) is 109 cm³/mol. The Morgan fingerprint density at radius 3 is 2.64 bits per heavy atom. The number of para-hydroxylation sites is 1. The number of hydrogen-bond acceptors (Lipinski definition) is 5. The number of carbonyl (C=O) groups is 1. The van der Waals surface area contributed by atoms with Crippen LogP contribution < -0.4 is 14.8 Å². The zero-order chi connectivity index (χ0) is 20.1. The molecule has 0 aliphatic carbocycles. The van der Waals surface area contributed by atoms with Crippen LogP contribution in [0.2, 0.25) is 0 Å². The van der Waals surface area contributed by atoms with Crippen molar-refractivity contribution >= 4 is 16.9 Å². The molecule has 2 aromatic carbocycles. The summed E-state index contributed by atoms with van der Waals surface area (Å²) in [5.74, 6) is 2.15. The van der Waals surface area contributed by atoms with Crippen LogP contribution in [0.1, 0.15) is 24.3 Å². The number of hydrogen-bond donors (Lipinski definition) is 1. The van der Waals surface area contributed by atoms with E-state index in [1.807, 2.05) is 67.4 Å². The van der Waals surface area contributed by atoms with Gasteiger partial charge in [0.15, 0.2) is 0 Å². The van der Waals surface area contributed by atoms with Gasteiger partial charge in [-0.2, -0.15) is 0 Å². The molecule has 6 heteroatoms. The summed E-state index contributed by atoms with van der Waals surface area (Å²) in [6, 6.07) is 15.2. The molecule has 0 spiro atoms. The lowest BCUT2D eigenvalue weighted by atomic mass is 10.1. The molecule has 0 saturated carbocycles. The van der Waals surface area contributed by atoms with Gasteiger partial charge in [0.2, 0.25) is 5.91 Å². The molecule has 0 radical (unpaired) electrons. The van der Waals surface area contributed by atoms with E-state index in [1.165, 1.54) is 0 Å². The molecule has 0 saturated heterocycles. The number of carbonyl (C=O) groups excluding carboxylic acids is 1. The van der Waals surface area contributed by atoms with Gasteiger partial charge in [-0.25, -0.2) is 0 Å². The first-order valence-corrected chi connectivity index (χ1v) is 9.17. The van der Waals surface area contributed by atoms with Crippen molar-refractivity contribution in [2.45, 2.75) is 19.5 Å². The van der Waals surface area contributed by atoms with Gasteiger partial charge < -0.3 is 19.2 Å². The SMILES string of the molecule is COc1ccc(CN(C)CC(=O)N[C@@H](C)c2cc3ccccc3o2)c(OC)c1. The standard InChI is InChI=1S/C22H26N2O4/c1-15(20-11-16-7-5-6-8-19(16)28-20)23-22(25)14-24(2)13-17-9-10-18(26-3)12-21(17)27-4/h5-12,15H,13-14H2,1-4H3,(H,23,25)/t15-/m0/s1. The largest absolute Gasteiger partial charge is 0.497 e. The molecular weight excluding hydrogens is 356 g/mol. The van der Waals surface area contributed by atoms with Crippen LogP contribution in [0.15, 0.2) is 52.9 Å². The van der Waals surface area contributed by atoms with E-state index in [0.717, 1.165) is 33.8 Å². The predicted octanol–water partition coefficient (Wildman–Crippen LogP) is 3.76. The van der Waals surface area contributed by atoms with E-state index in [2.05, 4.69) is 5.32 Å². The Bertz CT molecular complexity index is 918. The van der Waals surface area contributed by atoms with E-state index in [1.54, 1.807) is 14.2 Å². The van der Waals surface area contributed by atoms with Crippen LogP contribution >= 0.6 is 0 Å². The maximum Gasteiger partial charge on any atom is 0.234 e. The molecule has 6 nitrogen and oxygen atoms in total. The van der Waals surface area contributed by atoms with Gasteiger partial charge in [0.25, 0.3) is 0 Å². The zero-order valence-corrected chi connectivity index (χ0v) is 16.7. The summed E-state index contributed by atoms with van der Waals surface area (Å²) in [5, 5.41) is 4.02. The number of likely N-dealkylation sites (N-methyl/N-ethyl adjacent to an activating group) is 1. The third kappa shape index (κ3) is 4.64. The molecule has 1 amide bonds. The van der Waals surface area contributed by atoms with Crippen molar-refractivity contribution in [2.75, 3.05) is 27.8 Å². The molecule has 28 heavy (non-hydrogen) atoms. The molecular formula is C22H26N2O4. The second kappa shape index (κ2) is 8.80. The van der Waals surface area contributed by atoms with Gasteiger partial charge in [0.1, 0.15) is 22.8 Å². The molecule has 0 bridgehead atoms. The van der Waals surface area contributed by atoms with Gasteiger partial charge in [-0.3, -0.25) is 9.69 Å². The summed E-state index contributed by atoms with van der Waals surface area (Å²) in [6.45, 7) is 2.77. The van der Waals surface area contributed by atoms with Crippen LogP contribution in [0, 0.1) is 0 Å². The van der Waals surface area contributed by atoms with Crippen molar-refractivity contribution in [3.63, 3.8) is 0 Å². The molecule has 0 unspecified atom stereocenters. The first kappa shape index (κ1) is 19.8. The summed E-state index contributed by atoms with van der Waals surface area (Å²) in [4.78, 5) is 14.4. The molecule has 0 fully saturated rings. The fraction of sp³-hybridized carbons (Fsp3) is 0.318. The fourth-order valence-corrected chi connectivity index (χ4v) is 3.15. The minimum Gasteiger partial charge on any atom is -0.497 e. The number of fused-ring (bicyclic) bond motifs is 1. The zero-order valence-electron chi connectivity index (χ0n) is 16.7. The second-order valence-corrected chi connectivity index (χ2v) is 6.83. The van der Waals surface area contributed by atoms with Gasteiger partial charge in [-0.1, -0.05) is 24.3 Å². The fourth-order valence-electron chi connectivity index (χ4n) is 3.15. The van der Waals surface area contributed by atoms with E-state index in [9.17, 15) is 4.79 Å². The molecule has 1 N–H and O–H groups in total. The number of furan rings is 1. The monoisotopic (exact) mass is 382 g/mol. The summed E-state index contributed by atoms with van der Waals surface area (Å²) in [5.41, 5.74) is 1.81. The number of amides is 1. The Balaban J connectivity index is 1.58. The molecule has 0 aliphatic heterocycles. The second-order valence-electron chi connectivity index (χ2n) is 6.83. The third-order valence-electron chi connectivity index (χ3n) is 4.60. The lowest BCUT2D eigenvalue weighted by molar-refractivity contribution is -0.122. The first-order chi connectivity index (χ1) is 13.5. The Labute approximate surface area is 165 Å². The lowest BCUT2D eigenvalue weighted by Crippen LogP contribution is -2.36. The van der Waals surface area contributed by atoms with E-state index >= 15 is 0 Å². The highest BCUT2D eigenvalue weighted by atomic mass is 16.5. The summed E-state index contributed by atoms with van der Waals surface area (Å²) >= 11 is 0. The van der Waals surface area contributed by atoms with Crippen LogP contribution in [-0.4, -0.2) is 38.6 Å². The van der Waals surface area contributed by atoms with E-state index in [0.29, 0.717) is 6.54 Å². The van der Waals surface area contributed by atoms with Crippen molar-refractivity contribution in [3.8, 4) is 11.5 Å². The Morgan fingerprint density at radius 1 is 1.14 bits per heavy atom. The number of benzene rings is 2. The van der Waals surface area contributed by atoms with Crippen LogP contribution in [0.3, 0.4) is 0 Å². The van der Waals surface area contributed by atoms with Gasteiger partial charge in [-0.05, 0) is 32.2 Å². The maximum atomic E-state index is 12.5. The highest BCUT2D eigenvalue weighted by Gasteiger charge is 2.16. The highest BCUT2D eigenvalue weighted by molar-refractivity contribution is 5.80. The van der Waals surface area contributed by atoms with Crippen molar-refractivity contribution in [2.24, 2.45) is 0 Å². The van der Waals surface area contributed by atoms with E-state index < -0.39 is 0 Å². The number of nitrogens with zero attached hydrogens (tertiary/aromatic N) is 1. The highest BCUT2D eigenvalue weighted by Crippen LogP contribution is 2.26. The number of nitrogens with one attached hydrogen (secondary N) is 1. The number of ether oxygens (including phenoxy) is 2. The Hall–Kier alpha value is -2.99. The van der Waals surface area contributed by atoms with Crippen LogP contribution in [-0.2, 0) is 11.3 Å². The van der Waals surface area contributed by atoms with Gasteiger partial charge in [0, 0.05) is 23.6 Å². The molecule has 0 aliphatic rings. The van der Waals surface area contributed by atoms with Crippen molar-refractivity contribution < 1.29 is 18.7 Å². The first-order valence-electron chi connectivity index (χ1n) is 9.17.